The van der Waals surface area contributed by atoms with Gasteiger partial charge in [-0.05, 0) is 61.9 Å². The van der Waals surface area contributed by atoms with Gasteiger partial charge in [-0.1, -0.05) is 41.4 Å². The van der Waals surface area contributed by atoms with Crippen molar-refractivity contribution in [1.29, 1.82) is 0 Å². The summed E-state index contributed by atoms with van der Waals surface area (Å²) in [5.41, 5.74) is 5.61. The summed E-state index contributed by atoms with van der Waals surface area (Å²) in [4.78, 5) is 12.9. The molecule has 0 saturated heterocycles. The van der Waals surface area contributed by atoms with Crippen molar-refractivity contribution in [3.05, 3.63) is 101 Å². The van der Waals surface area contributed by atoms with Crippen LogP contribution in [0.1, 0.15) is 27.4 Å². The summed E-state index contributed by atoms with van der Waals surface area (Å²) in [6, 6.07) is 21.5. The molecular weight excluding hydrogens is 384 g/mol. The molecule has 4 aromatic rings. The highest BCUT2D eigenvalue weighted by molar-refractivity contribution is 6.30. The molecule has 0 saturated carbocycles. The number of aryl methyl sites for hydroxylation is 1. The summed E-state index contributed by atoms with van der Waals surface area (Å²) in [7, 11) is 0. The number of carbonyl (C=O) groups excluding carboxylic acids is 1. The van der Waals surface area contributed by atoms with Gasteiger partial charge >= 0.3 is 0 Å². The highest BCUT2D eigenvalue weighted by Crippen LogP contribution is 2.30. The first-order chi connectivity index (χ1) is 14.0. The number of rotatable bonds is 5. The summed E-state index contributed by atoms with van der Waals surface area (Å²) in [6.07, 6.45) is 1.60. The summed E-state index contributed by atoms with van der Waals surface area (Å²) in [6.45, 7) is 4.36. The Bertz CT molecular complexity index is 1130. The Morgan fingerprint density at radius 3 is 2.41 bits per heavy atom. The standard InChI is InChI=1S/C24H21ClN2O2/c1-16-5-11-20(12-6-16)27-17(2)22(24(28)26-15-21-4-3-13-29-21)14-23(27)18-7-9-19(25)10-8-18/h3-14H,15H2,1-2H3,(H,26,28). The largest absolute Gasteiger partial charge is 0.467 e. The van der Waals surface area contributed by atoms with Gasteiger partial charge in [-0.25, -0.2) is 0 Å². The molecule has 0 aliphatic carbocycles. The number of aromatic nitrogens is 1. The third-order valence-corrected chi connectivity index (χ3v) is 5.18. The second-order valence-corrected chi connectivity index (χ2v) is 7.40. The molecule has 0 spiro atoms. The van der Waals surface area contributed by atoms with E-state index >= 15 is 0 Å². The second kappa shape index (κ2) is 8.02. The molecule has 2 aromatic carbocycles. The van der Waals surface area contributed by atoms with Crippen LogP contribution in [0.2, 0.25) is 5.02 Å². The van der Waals surface area contributed by atoms with Crippen LogP contribution in [-0.2, 0) is 6.54 Å². The molecule has 2 aromatic heterocycles. The van der Waals surface area contributed by atoms with Crippen LogP contribution in [0.25, 0.3) is 16.9 Å². The monoisotopic (exact) mass is 404 g/mol. The number of nitrogens with zero attached hydrogens (tertiary/aromatic N) is 1. The lowest BCUT2D eigenvalue weighted by Gasteiger charge is -2.13. The predicted octanol–water partition coefficient (Wildman–Crippen LogP) is 5.94. The summed E-state index contributed by atoms with van der Waals surface area (Å²) in [5, 5.41) is 3.61. The normalized spacial score (nSPS) is 10.9. The number of halogens is 1. The number of carbonyl (C=O) groups is 1. The quantitative estimate of drug-likeness (QED) is 0.447. The van der Waals surface area contributed by atoms with Crippen molar-refractivity contribution in [2.24, 2.45) is 0 Å². The van der Waals surface area contributed by atoms with Crippen LogP contribution in [0.5, 0.6) is 0 Å². The number of benzene rings is 2. The Morgan fingerprint density at radius 1 is 1.03 bits per heavy atom. The highest BCUT2D eigenvalue weighted by Gasteiger charge is 2.19. The van der Waals surface area contributed by atoms with Gasteiger partial charge in [0.2, 0.25) is 0 Å². The fraction of sp³-hybridized carbons (Fsp3) is 0.125. The minimum atomic E-state index is -0.139. The fourth-order valence-electron chi connectivity index (χ4n) is 3.37. The number of nitrogens with one attached hydrogen (secondary N) is 1. The lowest BCUT2D eigenvalue weighted by Crippen LogP contribution is -2.23. The molecule has 0 aliphatic rings. The van der Waals surface area contributed by atoms with Gasteiger partial charge in [-0.2, -0.15) is 0 Å². The Morgan fingerprint density at radius 2 is 1.76 bits per heavy atom. The minimum Gasteiger partial charge on any atom is -0.467 e. The molecule has 0 fully saturated rings. The van der Waals surface area contributed by atoms with Crippen molar-refractivity contribution in [3.8, 4) is 16.9 Å². The average molecular weight is 405 g/mol. The van der Waals surface area contributed by atoms with Gasteiger partial charge in [-0.3, -0.25) is 4.79 Å². The third-order valence-electron chi connectivity index (χ3n) is 4.93. The molecular formula is C24H21ClN2O2. The van der Waals surface area contributed by atoms with E-state index in [1.54, 1.807) is 12.3 Å². The maximum atomic E-state index is 12.9. The van der Waals surface area contributed by atoms with Crippen molar-refractivity contribution in [3.63, 3.8) is 0 Å². The molecule has 0 bridgehead atoms. The Hall–Kier alpha value is -3.24. The highest BCUT2D eigenvalue weighted by atomic mass is 35.5. The van der Waals surface area contributed by atoms with E-state index in [2.05, 4.69) is 41.1 Å². The first kappa shape index (κ1) is 19.1. The van der Waals surface area contributed by atoms with Crippen LogP contribution >= 0.6 is 11.6 Å². The molecule has 0 unspecified atom stereocenters. The lowest BCUT2D eigenvalue weighted by atomic mass is 10.1. The summed E-state index contributed by atoms with van der Waals surface area (Å²) < 4.78 is 7.41. The van der Waals surface area contributed by atoms with Crippen molar-refractivity contribution < 1.29 is 9.21 Å². The lowest BCUT2D eigenvalue weighted by molar-refractivity contribution is 0.0947. The zero-order valence-corrected chi connectivity index (χ0v) is 17.0. The fourth-order valence-corrected chi connectivity index (χ4v) is 3.50. The predicted molar refractivity (Wildman–Crippen MR) is 116 cm³/mol. The maximum absolute atomic E-state index is 12.9. The van der Waals surface area contributed by atoms with Crippen LogP contribution in [0.3, 0.4) is 0 Å². The Labute approximate surface area is 174 Å². The second-order valence-electron chi connectivity index (χ2n) is 6.97. The molecule has 0 radical (unpaired) electrons. The smallest absolute Gasteiger partial charge is 0.253 e. The van der Waals surface area contributed by atoms with Crippen molar-refractivity contribution in [2.45, 2.75) is 20.4 Å². The molecule has 4 rings (SSSR count). The van der Waals surface area contributed by atoms with Crippen LogP contribution in [0.15, 0.2) is 77.4 Å². The van der Waals surface area contributed by atoms with Crippen molar-refractivity contribution in [1.82, 2.24) is 9.88 Å². The van der Waals surface area contributed by atoms with Crippen LogP contribution in [0.4, 0.5) is 0 Å². The zero-order valence-electron chi connectivity index (χ0n) is 16.3. The molecule has 2 heterocycles. The number of hydrogen-bond acceptors (Lipinski definition) is 2. The Balaban J connectivity index is 1.76. The third kappa shape index (κ3) is 3.98. The topological polar surface area (TPSA) is 47.2 Å². The Kier molecular flexibility index (Phi) is 5.28. The molecule has 4 nitrogen and oxygen atoms in total. The molecule has 1 N–H and O–H groups in total. The van der Waals surface area contributed by atoms with E-state index in [-0.39, 0.29) is 5.91 Å². The van der Waals surface area contributed by atoms with Gasteiger partial charge in [0.25, 0.3) is 5.91 Å². The average Bonchev–Trinajstić information content (AvgIpc) is 3.35. The number of amides is 1. The molecule has 5 heteroatoms. The van der Waals surface area contributed by atoms with Gasteiger partial charge in [0, 0.05) is 16.4 Å². The molecule has 146 valence electrons. The summed E-state index contributed by atoms with van der Waals surface area (Å²) >= 11 is 6.07. The van der Waals surface area contributed by atoms with E-state index in [0.717, 1.165) is 22.6 Å². The van der Waals surface area contributed by atoms with E-state index in [4.69, 9.17) is 16.0 Å². The zero-order chi connectivity index (χ0) is 20.4. The molecule has 29 heavy (non-hydrogen) atoms. The number of furan rings is 1. The van der Waals surface area contributed by atoms with E-state index < -0.39 is 0 Å². The van der Waals surface area contributed by atoms with Crippen molar-refractivity contribution >= 4 is 17.5 Å². The number of hydrogen-bond donors (Lipinski definition) is 1. The van der Waals surface area contributed by atoms with E-state index in [1.165, 1.54) is 5.56 Å². The SMILES string of the molecule is Cc1ccc(-n2c(-c3ccc(Cl)cc3)cc(C(=O)NCc3ccco3)c2C)cc1. The minimum absolute atomic E-state index is 0.139. The molecule has 0 atom stereocenters. The van der Waals surface area contributed by atoms with Crippen LogP contribution in [0, 0.1) is 13.8 Å². The summed E-state index contributed by atoms with van der Waals surface area (Å²) in [5.74, 6) is 0.576. The van der Waals surface area contributed by atoms with Crippen LogP contribution in [-0.4, -0.2) is 10.5 Å². The first-order valence-electron chi connectivity index (χ1n) is 9.39. The van der Waals surface area contributed by atoms with Gasteiger partial charge < -0.3 is 14.3 Å². The van der Waals surface area contributed by atoms with E-state index in [0.29, 0.717) is 22.9 Å². The molecule has 1 amide bonds. The maximum Gasteiger partial charge on any atom is 0.253 e. The van der Waals surface area contributed by atoms with Crippen LogP contribution < -0.4 is 5.32 Å². The van der Waals surface area contributed by atoms with E-state index in [9.17, 15) is 4.79 Å². The van der Waals surface area contributed by atoms with E-state index in [1.807, 2.05) is 43.3 Å². The van der Waals surface area contributed by atoms with Gasteiger partial charge in [0.15, 0.2) is 0 Å². The van der Waals surface area contributed by atoms with Gasteiger partial charge in [0.05, 0.1) is 24.1 Å². The first-order valence-corrected chi connectivity index (χ1v) is 9.76. The molecule has 0 aliphatic heterocycles. The van der Waals surface area contributed by atoms with Gasteiger partial charge in [-0.15, -0.1) is 0 Å². The van der Waals surface area contributed by atoms with Crippen molar-refractivity contribution in [2.75, 3.05) is 0 Å². The van der Waals surface area contributed by atoms with Gasteiger partial charge in [0.1, 0.15) is 5.76 Å².